The van der Waals surface area contributed by atoms with E-state index in [4.69, 9.17) is 9.72 Å². The molecule has 0 unspecified atom stereocenters. The zero-order chi connectivity index (χ0) is 32.4. The Hall–Kier alpha value is -4.32. The van der Waals surface area contributed by atoms with Crippen LogP contribution < -0.4 is 10.6 Å². The molecular weight excluding hydrogens is 588 g/mol. The van der Waals surface area contributed by atoms with E-state index < -0.39 is 5.60 Å². The van der Waals surface area contributed by atoms with Gasteiger partial charge in [0.15, 0.2) is 0 Å². The van der Waals surface area contributed by atoms with Gasteiger partial charge < -0.3 is 20.3 Å². The van der Waals surface area contributed by atoms with E-state index in [1.165, 1.54) is 11.3 Å². The molecule has 1 aliphatic rings. The van der Waals surface area contributed by atoms with E-state index in [1.54, 1.807) is 23.5 Å². The molecule has 11 nitrogen and oxygen atoms in total. The predicted molar refractivity (Wildman–Crippen MR) is 176 cm³/mol. The van der Waals surface area contributed by atoms with E-state index in [9.17, 15) is 9.59 Å². The standard InChI is InChI=1S/C33H42N8O3S/c1-21-16-22(8-9-23(21)17-35-28(42)27-19-36-29(45-27)32(2,3)4)26-10-13-34-30(39-26)38-24-18-37-41(20-24)25-11-14-40(15-12-25)31(43)44-33(5,6)7/h8-10,13,16,18-20,25H,11-12,14-15,17H2,1-7H3,(H,35,42)(H,34,38,39). The molecule has 2 amide bonds. The number of benzene rings is 1. The molecule has 0 bridgehead atoms. The Labute approximate surface area is 268 Å². The average molecular weight is 631 g/mol. The van der Waals surface area contributed by atoms with Crippen molar-refractivity contribution in [2.75, 3.05) is 18.4 Å². The Morgan fingerprint density at radius 1 is 1.04 bits per heavy atom. The van der Waals surface area contributed by atoms with Gasteiger partial charge in [-0.15, -0.1) is 11.3 Å². The summed E-state index contributed by atoms with van der Waals surface area (Å²) in [6, 6.07) is 8.17. The Balaban J connectivity index is 1.17. The molecule has 1 aliphatic heterocycles. The van der Waals surface area contributed by atoms with Crippen LogP contribution in [0.2, 0.25) is 0 Å². The van der Waals surface area contributed by atoms with Crippen LogP contribution in [0.3, 0.4) is 0 Å². The molecule has 5 rings (SSSR count). The quantitative estimate of drug-likeness (QED) is 0.232. The number of piperidine rings is 1. The molecule has 45 heavy (non-hydrogen) atoms. The molecule has 0 aliphatic carbocycles. The average Bonchev–Trinajstić information content (AvgIpc) is 3.67. The van der Waals surface area contributed by atoms with Crippen molar-refractivity contribution in [1.29, 1.82) is 0 Å². The first kappa shape index (κ1) is 32.1. The highest BCUT2D eigenvalue weighted by atomic mass is 32.1. The lowest BCUT2D eigenvalue weighted by Gasteiger charge is -2.33. The number of carbonyl (C=O) groups excluding carboxylic acids is 2. The van der Waals surface area contributed by atoms with Gasteiger partial charge in [0.1, 0.15) is 10.5 Å². The fraction of sp³-hybridized carbons (Fsp3) is 0.455. The summed E-state index contributed by atoms with van der Waals surface area (Å²) >= 11 is 1.43. The maximum Gasteiger partial charge on any atom is 0.410 e. The zero-order valence-electron chi connectivity index (χ0n) is 27.0. The molecule has 0 atom stereocenters. The Kier molecular flexibility index (Phi) is 9.24. The summed E-state index contributed by atoms with van der Waals surface area (Å²) in [5, 5.41) is 11.8. The summed E-state index contributed by atoms with van der Waals surface area (Å²) in [5.41, 5.74) is 4.03. The number of nitrogens with zero attached hydrogens (tertiary/aromatic N) is 6. The normalized spacial score (nSPS) is 14.3. The van der Waals surface area contributed by atoms with Crippen molar-refractivity contribution in [2.24, 2.45) is 0 Å². The van der Waals surface area contributed by atoms with Crippen molar-refractivity contribution in [3.63, 3.8) is 0 Å². The number of aryl methyl sites for hydroxylation is 1. The molecule has 3 aromatic heterocycles. The third kappa shape index (κ3) is 8.24. The number of likely N-dealkylation sites (tertiary alicyclic amines) is 1. The van der Waals surface area contributed by atoms with Crippen LogP contribution in [0.25, 0.3) is 11.3 Å². The number of amides is 2. The van der Waals surface area contributed by atoms with Crippen LogP contribution in [-0.2, 0) is 16.7 Å². The number of hydrogen-bond donors (Lipinski definition) is 2. The smallest absolute Gasteiger partial charge is 0.410 e. The number of thiazole rings is 1. The first-order valence-electron chi connectivity index (χ1n) is 15.2. The van der Waals surface area contributed by atoms with E-state index in [1.807, 2.05) is 56.8 Å². The molecule has 0 saturated carbocycles. The molecule has 0 radical (unpaired) electrons. The summed E-state index contributed by atoms with van der Waals surface area (Å²) in [5.74, 6) is 0.354. The van der Waals surface area contributed by atoms with Gasteiger partial charge in [-0.05, 0) is 63.8 Å². The van der Waals surface area contributed by atoms with E-state index in [0.29, 0.717) is 30.5 Å². The molecule has 4 heterocycles. The highest BCUT2D eigenvalue weighted by Gasteiger charge is 2.28. The highest BCUT2D eigenvalue weighted by Crippen LogP contribution is 2.28. The van der Waals surface area contributed by atoms with Crippen LogP contribution in [0.15, 0.2) is 49.1 Å². The monoisotopic (exact) mass is 630 g/mol. The van der Waals surface area contributed by atoms with E-state index in [-0.39, 0.29) is 23.5 Å². The number of aromatic nitrogens is 5. The van der Waals surface area contributed by atoms with Crippen molar-refractivity contribution >= 4 is 35.0 Å². The fourth-order valence-electron chi connectivity index (χ4n) is 4.99. The van der Waals surface area contributed by atoms with Crippen molar-refractivity contribution in [1.82, 2.24) is 34.9 Å². The van der Waals surface area contributed by atoms with Gasteiger partial charge in [-0.25, -0.2) is 19.7 Å². The van der Waals surface area contributed by atoms with Gasteiger partial charge in [0.2, 0.25) is 5.95 Å². The van der Waals surface area contributed by atoms with Crippen molar-refractivity contribution in [3.8, 4) is 11.3 Å². The van der Waals surface area contributed by atoms with Crippen molar-refractivity contribution in [2.45, 2.75) is 84.9 Å². The second-order valence-corrected chi connectivity index (χ2v) is 14.4. The molecule has 12 heteroatoms. The number of anilines is 2. The lowest BCUT2D eigenvalue weighted by atomic mass is 9.98. The lowest BCUT2D eigenvalue weighted by Crippen LogP contribution is -2.42. The van der Waals surface area contributed by atoms with Gasteiger partial charge in [0.05, 0.1) is 34.8 Å². The van der Waals surface area contributed by atoms with Gasteiger partial charge in [0, 0.05) is 43.0 Å². The molecule has 1 aromatic carbocycles. The minimum absolute atomic E-state index is 0.0856. The molecule has 238 valence electrons. The van der Waals surface area contributed by atoms with Crippen LogP contribution >= 0.6 is 11.3 Å². The van der Waals surface area contributed by atoms with Crippen LogP contribution in [0.4, 0.5) is 16.4 Å². The SMILES string of the molecule is Cc1cc(-c2ccnc(Nc3cnn(C4CCN(C(=O)OC(C)(C)C)CC4)c3)n2)ccc1CNC(=O)c1cnc(C(C)(C)C)s1. The maximum absolute atomic E-state index is 12.7. The summed E-state index contributed by atoms with van der Waals surface area (Å²) in [4.78, 5) is 41.1. The van der Waals surface area contributed by atoms with Crippen LogP contribution in [0.1, 0.15) is 86.2 Å². The first-order chi connectivity index (χ1) is 21.2. The van der Waals surface area contributed by atoms with E-state index in [0.717, 1.165) is 45.9 Å². The number of rotatable bonds is 7. The topological polar surface area (TPSA) is 127 Å². The predicted octanol–water partition coefficient (Wildman–Crippen LogP) is 6.65. The summed E-state index contributed by atoms with van der Waals surface area (Å²) in [7, 11) is 0. The minimum Gasteiger partial charge on any atom is -0.444 e. The number of carbonyl (C=O) groups is 2. The maximum atomic E-state index is 12.7. The van der Waals surface area contributed by atoms with Crippen molar-refractivity contribution in [3.05, 3.63) is 70.1 Å². The van der Waals surface area contributed by atoms with Crippen molar-refractivity contribution < 1.29 is 14.3 Å². The van der Waals surface area contributed by atoms with Crippen LogP contribution in [0.5, 0.6) is 0 Å². The Bertz CT molecular complexity index is 1660. The van der Waals surface area contributed by atoms with Gasteiger partial charge >= 0.3 is 6.09 Å². The molecule has 0 spiro atoms. The fourth-order valence-corrected chi connectivity index (χ4v) is 5.88. The molecule has 1 saturated heterocycles. The van der Waals surface area contributed by atoms with Gasteiger partial charge in [-0.3, -0.25) is 9.48 Å². The van der Waals surface area contributed by atoms with Gasteiger partial charge in [-0.1, -0.05) is 32.9 Å². The number of nitrogens with one attached hydrogen (secondary N) is 2. The molecule has 4 aromatic rings. The summed E-state index contributed by atoms with van der Waals surface area (Å²) < 4.78 is 7.45. The number of hydrogen-bond acceptors (Lipinski definition) is 9. The molecule has 1 fully saturated rings. The molecule has 2 N–H and O–H groups in total. The van der Waals surface area contributed by atoms with Gasteiger partial charge in [-0.2, -0.15) is 5.10 Å². The van der Waals surface area contributed by atoms with Gasteiger partial charge in [0.25, 0.3) is 5.91 Å². The zero-order valence-corrected chi connectivity index (χ0v) is 27.9. The Morgan fingerprint density at radius 2 is 1.80 bits per heavy atom. The second kappa shape index (κ2) is 13.0. The van der Waals surface area contributed by atoms with Crippen LogP contribution in [0, 0.1) is 6.92 Å². The van der Waals surface area contributed by atoms with E-state index in [2.05, 4.69) is 52.5 Å². The number of ether oxygens (including phenoxy) is 1. The summed E-state index contributed by atoms with van der Waals surface area (Å²) in [6.07, 6.45) is 8.43. The largest absolute Gasteiger partial charge is 0.444 e. The van der Waals surface area contributed by atoms with Crippen LogP contribution in [-0.4, -0.2) is 60.3 Å². The Morgan fingerprint density at radius 3 is 2.47 bits per heavy atom. The minimum atomic E-state index is -0.503. The van der Waals surface area contributed by atoms with E-state index >= 15 is 0 Å². The first-order valence-corrected chi connectivity index (χ1v) is 16.0. The summed E-state index contributed by atoms with van der Waals surface area (Å²) in [6.45, 7) is 15.6. The second-order valence-electron chi connectivity index (χ2n) is 13.4. The third-order valence-corrected chi connectivity index (χ3v) is 8.87. The highest BCUT2D eigenvalue weighted by molar-refractivity contribution is 7.13. The lowest BCUT2D eigenvalue weighted by molar-refractivity contribution is 0.0184. The molecular formula is C33H42N8O3S. The third-order valence-electron chi connectivity index (χ3n) is 7.45.